The van der Waals surface area contributed by atoms with Gasteiger partial charge in [-0.2, -0.15) is 5.10 Å². The van der Waals surface area contributed by atoms with Gasteiger partial charge in [-0.3, -0.25) is 4.68 Å². The van der Waals surface area contributed by atoms with E-state index in [9.17, 15) is 0 Å². The quantitative estimate of drug-likeness (QED) is 0.817. The van der Waals surface area contributed by atoms with Crippen LogP contribution in [0.3, 0.4) is 0 Å². The second kappa shape index (κ2) is 7.16. The lowest BCUT2D eigenvalue weighted by molar-refractivity contribution is 0.653. The molecule has 5 heteroatoms. The van der Waals surface area contributed by atoms with Crippen molar-refractivity contribution in [3.8, 4) is 0 Å². The van der Waals surface area contributed by atoms with Crippen LogP contribution in [0.5, 0.6) is 0 Å². The van der Waals surface area contributed by atoms with Crippen LogP contribution in [0.4, 0.5) is 0 Å². The van der Waals surface area contributed by atoms with Crippen LogP contribution in [-0.4, -0.2) is 16.3 Å². The number of rotatable bonds is 6. The van der Waals surface area contributed by atoms with Crippen LogP contribution in [-0.2, 0) is 13.6 Å². The minimum atomic E-state index is 0.763. The normalized spacial score (nSPS) is 11.0. The van der Waals surface area contributed by atoms with Crippen LogP contribution >= 0.6 is 23.4 Å². The molecular weight excluding hydrogens is 290 g/mol. The van der Waals surface area contributed by atoms with Gasteiger partial charge in [0.1, 0.15) is 5.03 Å². The summed E-state index contributed by atoms with van der Waals surface area (Å²) in [5, 5.41) is 9.92. The molecule has 1 heterocycles. The molecule has 0 aliphatic carbocycles. The zero-order chi connectivity index (χ0) is 14.5. The first-order valence-corrected chi connectivity index (χ1v) is 7.98. The van der Waals surface area contributed by atoms with Gasteiger partial charge in [0.05, 0.1) is 5.69 Å². The molecule has 3 nitrogen and oxygen atoms in total. The highest BCUT2D eigenvalue weighted by Gasteiger charge is 2.14. The fourth-order valence-corrected chi connectivity index (χ4v) is 3.37. The lowest BCUT2D eigenvalue weighted by atomic mass is 10.2. The molecule has 0 atom stereocenters. The van der Waals surface area contributed by atoms with Crippen LogP contribution < -0.4 is 5.32 Å². The maximum Gasteiger partial charge on any atom is 0.103 e. The molecule has 0 aliphatic rings. The molecule has 2 aromatic rings. The predicted octanol–water partition coefficient (Wildman–Crippen LogP) is 4.03. The third kappa shape index (κ3) is 3.78. The van der Waals surface area contributed by atoms with Gasteiger partial charge in [-0.1, -0.05) is 36.4 Å². The predicted molar refractivity (Wildman–Crippen MR) is 85.5 cm³/mol. The third-order valence-electron chi connectivity index (χ3n) is 3.03. The Morgan fingerprint density at radius 3 is 2.90 bits per heavy atom. The Kier molecular flexibility index (Phi) is 5.52. The standard InChI is InChI=1S/C15H20ClN3S/c1-4-8-17-10-14-11(2)18-19(3)15(14)20-13-7-5-6-12(16)9-13/h5-7,9,17H,4,8,10H2,1-3H3. The second-order valence-corrected chi connectivity index (χ2v) is 6.23. The van der Waals surface area contributed by atoms with E-state index in [-0.39, 0.29) is 0 Å². The van der Waals surface area contributed by atoms with Crippen molar-refractivity contribution in [3.63, 3.8) is 0 Å². The lowest BCUT2D eigenvalue weighted by Gasteiger charge is -2.08. The number of hydrogen-bond donors (Lipinski definition) is 1. The first kappa shape index (κ1) is 15.4. The van der Waals surface area contributed by atoms with E-state index in [1.54, 1.807) is 11.8 Å². The maximum atomic E-state index is 6.05. The SMILES string of the molecule is CCCNCc1c(C)nn(C)c1Sc1cccc(Cl)c1. The van der Waals surface area contributed by atoms with E-state index < -0.39 is 0 Å². The Morgan fingerprint density at radius 1 is 1.40 bits per heavy atom. The summed E-state index contributed by atoms with van der Waals surface area (Å²) in [6.07, 6.45) is 1.13. The first-order valence-electron chi connectivity index (χ1n) is 6.78. The number of aryl methyl sites for hydroxylation is 2. The van der Waals surface area contributed by atoms with Gasteiger partial charge >= 0.3 is 0 Å². The summed E-state index contributed by atoms with van der Waals surface area (Å²) in [7, 11) is 1.99. The van der Waals surface area contributed by atoms with Gasteiger partial charge in [-0.05, 0) is 38.1 Å². The monoisotopic (exact) mass is 309 g/mol. The summed E-state index contributed by atoms with van der Waals surface area (Å²) < 4.78 is 1.95. The number of benzene rings is 1. The molecule has 0 saturated heterocycles. The molecule has 0 aliphatic heterocycles. The number of aromatic nitrogens is 2. The van der Waals surface area contributed by atoms with Gasteiger partial charge < -0.3 is 5.32 Å². The zero-order valence-corrected chi connectivity index (χ0v) is 13.7. The summed E-state index contributed by atoms with van der Waals surface area (Å²) in [6.45, 7) is 6.11. The number of nitrogens with zero attached hydrogens (tertiary/aromatic N) is 2. The maximum absolute atomic E-state index is 6.05. The number of hydrogen-bond acceptors (Lipinski definition) is 3. The van der Waals surface area contributed by atoms with Crippen molar-refractivity contribution < 1.29 is 0 Å². The molecule has 0 radical (unpaired) electrons. The largest absolute Gasteiger partial charge is 0.313 e. The van der Waals surface area contributed by atoms with Crippen molar-refractivity contribution in [2.24, 2.45) is 7.05 Å². The molecule has 0 amide bonds. The van der Waals surface area contributed by atoms with E-state index in [1.165, 1.54) is 10.6 Å². The van der Waals surface area contributed by atoms with Gasteiger partial charge in [0.2, 0.25) is 0 Å². The van der Waals surface area contributed by atoms with Crippen molar-refractivity contribution in [3.05, 3.63) is 40.5 Å². The molecule has 0 unspecified atom stereocenters. The van der Waals surface area contributed by atoms with Crippen LogP contribution in [0.1, 0.15) is 24.6 Å². The van der Waals surface area contributed by atoms with E-state index in [2.05, 4.69) is 30.3 Å². The summed E-state index contributed by atoms with van der Waals surface area (Å²) in [4.78, 5) is 1.14. The highest BCUT2D eigenvalue weighted by Crippen LogP contribution is 2.32. The fraction of sp³-hybridized carbons (Fsp3) is 0.400. The number of halogens is 1. The average molecular weight is 310 g/mol. The van der Waals surface area contributed by atoms with Crippen molar-refractivity contribution in [2.45, 2.75) is 36.7 Å². The molecule has 2 rings (SSSR count). The van der Waals surface area contributed by atoms with Gasteiger partial charge in [0.25, 0.3) is 0 Å². The summed E-state index contributed by atoms with van der Waals surface area (Å²) >= 11 is 7.76. The highest BCUT2D eigenvalue weighted by molar-refractivity contribution is 7.99. The third-order valence-corrected chi connectivity index (χ3v) is 4.46. The molecule has 1 N–H and O–H groups in total. The molecule has 1 aromatic carbocycles. The van der Waals surface area contributed by atoms with E-state index >= 15 is 0 Å². The van der Waals surface area contributed by atoms with E-state index in [1.807, 2.05) is 29.9 Å². The average Bonchev–Trinajstić information content (AvgIpc) is 2.66. The van der Waals surface area contributed by atoms with Crippen molar-refractivity contribution >= 4 is 23.4 Å². The van der Waals surface area contributed by atoms with Gasteiger partial charge in [-0.15, -0.1) is 0 Å². The van der Waals surface area contributed by atoms with Crippen molar-refractivity contribution in [1.29, 1.82) is 0 Å². The fourth-order valence-electron chi connectivity index (χ4n) is 2.04. The van der Waals surface area contributed by atoms with Crippen LogP contribution in [0.15, 0.2) is 34.2 Å². The zero-order valence-electron chi connectivity index (χ0n) is 12.1. The van der Waals surface area contributed by atoms with Crippen molar-refractivity contribution in [1.82, 2.24) is 15.1 Å². The van der Waals surface area contributed by atoms with Crippen LogP contribution in [0.25, 0.3) is 0 Å². The summed E-state index contributed by atoms with van der Waals surface area (Å²) in [6, 6.07) is 7.92. The minimum absolute atomic E-state index is 0.763. The second-order valence-electron chi connectivity index (χ2n) is 4.73. The van der Waals surface area contributed by atoms with Gasteiger partial charge in [0, 0.05) is 29.1 Å². The highest BCUT2D eigenvalue weighted by atomic mass is 35.5. The Labute approximate surface area is 129 Å². The smallest absolute Gasteiger partial charge is 0.103 e. The molecule has 20 heavy (non-hydrogen) atoms. The topological polar surface area (TPSA) is 29.9 Å². The van der Waals surface area contributed by atoms with Crippen LogP contribution in [0, 0.1) is 6.92 Å². The van der Waals surface area contributed by atoms with Crippen molar-refractivity contribution in [2.75, 3.05) is 6.54 Å². The molecule has 1 aromatic heterocycles. The van der Waals surface area contributed by atoms with E-state index in [0.717, 1.165) is 35.1 Å². The van der Waals surface area contributed by atoms with E-state index in [0.29, 0.717) is 0 Å². The molecule has 0 spiro atoms. The van der Waals surface area contributed by atoms with Crippen LogP contribution in [0.2, 0.25) is 5.02 Å². The number of nitrogens with one attached hydrogen (secondary N) is 1. The molecule has 108 valence electrons. The molecule has 0 saturated carbocycles. The van der Waals surface area contributed by atoms with E-state index in [4.69, 9.17) is 11.6 Å². The van der Waals surface area contributed by atoms with Gasteiger partial charge in [-0.25, -0.2) is 0 Å². The molecule has 0 fully saturated rings. The lowest BCUT2D eigenvalue weighted by Crippen LogP contribution is -2.14. The Hall–Kier alpha value is -0.970. The first-order chi connectivity index (χ1) is 9.61. The molecular formula is C15H20ClN3S. The summed E-state index contributed by atoms with van der Waals surface area (Å²) in [5.74, 6) is 0. The molecule has 0 bridgehead atoms. The Morgan fingerprint density at radius 2 is 2.20 bits per heavy atom. The summed E-state index contributed by atoms with van der Waals surface area (Å²) in [5.41, 5.74) is 2.35. The Bertz CT molecular complexity index is 580. The Balaban J connectivity index is 2.21. The minimum Gasteiger partial charge on any atom is -0.313 e. The van der Waals surface area contributed by atoms with Gasteiger partial charge in [0.15, 0.2) is 0 Å².